The van der Waals surface area contributed by atoms with Crippen LogP contribution in [0.1, 0.15) is 18.9 Å². The van der Waals surface area contributed by atoms with Crippen LogP contribution in [0.25, 0.3) is 0 Å². The lowest BCUT2D eigenvalue weighted by atomic mass is 10.1. The first-order valence-corrected chi connectivity index (χ1v) is 9.03. The van der Waals surface area contributed by atoms with E-state index in [0.29, 0.717) is 10.0 Å². The molecular formula is C16H16BrCl2NS. The first-order chi connectivity index (χ1) is 9.99. The second-order valence-electron chi connectivity index (χ2n) is 4.80. The highest BCUT2D eigenvalue weighted by Crippen LogP contribution is 2.37. The zero-order valence-electron chi connectivity index (χ0n) is 11.6. The Morgan fingerprint density at radius 2 is 1.90 bits per heavy atom. The van der Waals surface area contributed by atoms with E-state index >= 15 is 0 Å². The fourth-order valence-corrected chi connectivity index (χ4v) is 3.78. The van der Waals surface area contributed by atoms with E-state index in [9.17, 15) is 0 Å². The molecule has 2 aromatic rings. The van der Waals surface area contributed by atoms with Crippen LogP contribution in [0.3, 0.4) is 0 Å². The van der Waals surface area contributed by atoms with Gasteiger partial charge in [-0.05, 0) is 54.8 Å². The average molecular weight is 405 g/mol. The van der Waals surface area contributed by atoms with Gasteiger partial charge in [-0.2, -0.15) is 0 Å². The van der Waals surface area contributed by atoms with Gasteiger partial charge in [0.15, 0.2) is 0 Å². The van der Waals surface area contributed by atoms with E-state index in [4.69, 9.17) is 28.9 Å². The lowest BCUT2D eigenvalue weighted by molar-refractivity contribution is 0.641. The van der Waals surface area contributed by atoms with Crippen LogP contribution in [0.5, 0.6) is 0 Å². The summed E-state index contributed by atoms with van der Waals surface area (Å²) in [5, 5.41) is 1.39. The number of halogens is 3. The van der Waals surface area contributed by atoms with Crippen LogP contribution in [0, 0.1) is 0 Å². The monoisotopic (exact) mass is 403 g/mol. The summed E-state index contributed by atoms with van der Waals surface area (Å²) in [7, 11) is 0. The maximum Gasteiger partial charge on any atom is 0.0546 e. The summed E-state index contributed by atoms with van der Waals surface area (Å²) in [6.45, 7) is 2.10. The summed E-state index contributed by atoms with van der Waals surface area (Å²) in [6, 6.07) is 11.9. The fraction of sp³-hybridized carbons (Fsp3) is 0.250. The maximum absolute atomic E-state index is 6.25. The minimum absolute atomic E-state index is 0.161. The Bertz CT molecular complexity index is 634. The van der Waals surface area contributed by atoms with E-state index in [-0.39, 0.29) is 6.04 Å². The molecule has 0 saturated carbocycles. The third kappa shape index (κ3) is 4.90. The highest BCUT2D eigenvalue weighted by molar-refractivity contribution is 9.10. The second kappa shape index (κ2) is 7.89. The number of benzene rings is 2. The van der Waals surface area contributed by atoms with Crippen molar-refractivity contribution in [3.63, 3.8) is 0 Å². The molecule has 0 aliphatic rings. The Morgan fingerprint density at radius 3 is 2.62 bits per heavy atom. The van der Waals surface area contributed by atoms with Crippen LogP contribution in [0.4, 0.5) is 0 Å². The van der Waals surface area contributed by atoms with Crippen LogP contribution >= 0.6 is 50.9 Å². The lowest BCUT2D eigenvalue weighted by Gasteiger charge is -2.14. The maximum atomic E-state index is 6.25. The van der Waals surface area contributed by atoms with Gasteiger partial charge in [0.1, 0.15) is 0 Å². The van der Waals surface area contributed by atoms with Crippen molar-refractivity contribution in [3.05, 3.63) is 56.5 Å². The molecule has 0 radical (unpaired) electrons. The molecule has 0 spiro atoms. The predicted octanol–water partition coefficient (Wildman–Crippen LogP) is 6.19. The quantitative estimate of drug-likeness (QED) is 0.642. The first-order valence-electron chi connectivity index (χ1n) is 6.66. The molecule has 112 valence electrons. The van der Waals surface area contributed by atoms with Gasteiger partial charge in [-0.3, -0.25) is 0 Å². The number of hydrogen-bond donors (Lipinski definition) is 1. The van der Waals surface area contributed by atoms with Crippen molar-refractivity contribution in [2.75, 3.05) is 0 Å². The summed E-state index contributed by atoms with van der Waals surface area (Å²) < 4.78 is 1.06. The van der Waals surface area contributed by atoms with Crippen LogP contribution in [-0.4, -0.2) is 6.04 Å². The Balaban J connectivity index is 2.32. The molecule has 0 fully saturated rings. The van der Waals surface area contributed by atoms with Crippen LogP contribution in [0.15, 0.2) is 50.7 Å². The zero-order chi connectivity index (χ0) is 15.4. The van der Waals surface area contributed by atoms with E-state index < -0.39 is 0 Å². The number of rotatable bonds is 5. The number of nitrogens with two attached hydrogens (primary N) is 1. The normalized spacial score (nSPS) is 12.4. The molecule has 1 unspecified atom stereocenters. The summed E-state index contributed by atoms with van der Waals surface area (Å²) >= 11 is 17.5. The van der Waals surface area contributed by atoms with Gasteiger partial charge in [0.05, 0.1) is 5.02 Å². The third-order valence-electron chi connectivity index (χ3n) is 3.14. The minimum atomic E-state index is 0.161. The number of hydrogen-bond acceptors (Lipinski definition) is 2. The molecule has 21 heavy (non-hydrogen) atoms. The molecule has 0 heterocycles. The van der Waals surface area contributed by atoms with Crippen molar-refractivity contribution in [2.24, 2.45) is 5.73 Å². The zero-order valence-corrected chi connectivity index (χ0v) is 15.5. The Kier molecular flexibility index (Phi) is 6.45. The van der Waals surface area contributed by atoms with Crippen LogP contribution in [0.2, 0.25) is 10.0 Å². The first kappa shape index (κ1) is 17.2. The van der Waals surface area contributed by atoms with Gasteiger partial charge in [-0.25, -0.2) is 0 Å². The van der Waals surface area contributed by atoms with Crippen molar-refractivity contribution in [3.8, 4) is 0 Å². The molecule has 1 atom stereocenters. The van der Waals surface area contributed by atoms with E-state index in [1.54, 1.807) is 17.8 Å². The van der Waals surface area contributed by atoms with Crippen molar-refractivity contribution in [1.29, 1.82) is 0 Å². The van der Waals surface area contributed by atoms with Gasteiger partial charge in [0, 0.05) is 25.3 Å². The smallest absolute Gasteiger partial charge is 0.0546 e. The van der Waals surface area contributed by atoms with Crippen molar-refractivity contribution in [2.45, 2.75) is 35.6 Å². The predicted molar refractivity (Wildman–Crippen MR) is 96.7 cm³/mol. The lowest BCUT2D eigenvalue weighted by Crippen LogP contribution is -2.21. The highest BCUT2D eigenvalue weighted by atomic mass is 79.9. The largest absolute Gasteiger partial charge is 0.327 e. The van der Waals surface area contributed by atoms with E-state index in [1.807, 2.05) is 18.2 Å². The summed E-state index contributed by atoms with van der Waals surface area (Å²) in [5.41, 5.74) is 7.32. The molecule has 1 nitrogen and oxygen atoms in total. The Labute approximate surface area is 148 Å². The molecule has 5 heteroatoms. The molecule has 2 N–H and O–H groups in total. The molecule has 0 aromatic heterocycles. The van der Waals surface area contributed by atoms with Crippen LogP contribution in [-0.2, 0) is 6.42 Å². The SMILES string of the molecule is CCC(N)Cc1cc(Br)ccc1Sc1cc(Cl)ccc1Cl. The van der Waals surface area contributed by atoms with Gasteiger partial charge in [-0.1, -0.05) is 57.8 Å². The van der Waals surface area contributed by atoms with Crippen molar-refractivity contribution >= 4 is 50.9 Å². The van der Waals surface area contributed by atoms with Crippen molar-refractivity contribution < 1.29 is 0 Å². The third-order valence-corrected chi connectivity index (χ3v) is 5.49. The van der Waals surface area contributed by atoms with Gasteiger partial charge in [-0.15, -0.1) is 0 Å². The van der Waals surface area contributed by atoms with E-state index in [2.05, 4.69) is 35.0 Å². The van der Waals surface area contributed by atoms with Crippen molar-refractivity contribution in [1.82, 2.24) is 0 Å². The second-order valence-corrected chi connectivity index (χ2v) is 7.64. The van der Waals surface area contributed by atoms with E-state index in [0.717, 1.165) is 27.1 Å². The van der Waals surface area contributed by atoms with Crippen LogP contribution < -0.4 is 5.73 Å². The molecule has 2 aromatic carbocycles. The summed E-state index contributed by atoms with van der Waals surface area (Å²) in [6.07, 6.45) is 1.80. The highest BCUT2D eigenvalue weighted by Gasteiger charge is 2.11. The van der Waals surface area contributed by atoms with Gasteiger partial charge in [0.2, 0.25) is 0 Å². The molecule has 0 bridgehead atoms. The molecule has 0 aliphatic carbocycles. The van der Waals surface area contributed by atoms with Gasteiger partial charge in [0.25, 0.3) is 0 Å². The minimum Gasteiger partial charge on any atom is -0.327 e. The molecule has 0 amide bonds. The Morgan fingerprint density at radius 1 is 1.14 bits per heavy atom. The van der Waals surface area contributed by atoms with E-state index in [1.165, 1.54) is 5.56 Å². The average Bonchev–Trinajstić information content (AvgIpc) is 2.45. The Hall–Kier alpha value is -0.190. The molecule has 2 rings (SSSR count). The molecule has 0 saturated heterocycles. The summed E-state index contributed by atoms with van der Waals surface area (Å²) in [4.78, 5) is 2.11. The standard InChI is InChI=1S/C16H16BrCl2NS/c1-2-13(20)8-10-7-11(17)3-6-15(10)21-16-9-12(18)4-5-14(16)19/h3-7,9,13H,2,8,20H2,1H3. The summed E-state index contributed by atoms with van der Waals surface area (Å²) in [5.74, 6) is 0. The van der Waals surface area contributed by atoms with Gasteiger partial charge < -0.3 is 5.73 Å². The topological polar surface area (TPSA) is 26.0 Å². The van der Waals surface area contributed by atoms with Gasteiger partial charge >= 0.3 is 0 Å². The molecule has 0 aliphatic heterocycles. The molecular weight excluding hydrogens is 389 g/mol. The fourth-order valence-electron chi connectivity index (χ4n) is 1.91.